The molecule has 3 nitrogen and oxygen atoms in total. The third kappa shape index (κ3) is 4.18. The minimum atomic E-state index is -0.588. The van der Waals surface area contributed by atoms with Crippen molar-refractivity contribution in [1.82, 2.24) is 0 Å². The van der Waals surface area contributed by atoms with Gasteiger partial charge in [0, 0.05) is 4.90 Å². The van der Waals surface area contributed by atoms with Crippen molar-refractivity contribution in [2.45, 2.75) is 24.3 Å². The molecule has 0 bridgehead atoms. The van der Waals surface area contributed by atoms with E-state index in [0.29, 0.717) is 17.2 Å². The minimum absolute atomic E-state index is 0.177. The number of carbonyl (C=O) groups excluding carboxylic acids is 1. The number of hydrogen-bond donors (Lipinski definition) is 1. The van der Waals surface area contributed by atoms with Crippen LogP contribution in [0.15, 0.2) is 53.4 Å². The summed E-state index contributed by atoms with van der Waals surface area (Å²) in [5.41, 5.74) is 0.793. The van der Waals surface area contributed by atoms with E-state index in [-0.39, 0.29) is 5.91 Å². The molecule has 116 valence electrons. The second-order valence-corrected chi connectivity index (χ2v) is 5.89. The number of carbonyl (C=O) groups is 1. The number of amides is 1. The van der Waals surface area contributed by atoms with Crippen LogP contribution in [0.1, 0.15) is 13.3 Å². The Morgan fingerprint density at radius 1 is 1.23 bits per heavy atom. The maximum absolute atomic E-state index is 12.4. The van der Waals surface area contributed by atoms with Crippen LogP contribution in [-0.4, -0.2) is 18.3 Å². The molecule has 0 heterocycles. The zero-order valence-corrected chi connectivity index (χ0v) is 14.1. The molecule has 22 heavy (non-hydrogen) atoms. The molecule has 0 fully saturated rings. The molecule has 2 aromatic rings. The van der Waals surface area contributed by atoms with Crippen molar-refractivity contribution < 1.29 is 9.53 Å². The van der Waals surface area contributed by atoms with Crippen LogP contribution in [-0.2, 0) is 4.79 Å². The van der Waals surface area contributed by atoms with Gasteiger partial charge >= 0.3 is 0 Å². The Hall–Kier alpha value is -1.65. The molecule has 2 aromatic carbocycles. The second kappa shape index (κ2) is 8.11. The topological polar surface area (TPSA) is 38.3 Å². The first-order chi connectivity index (χ1) is 10.7. The van der Waals surface area contributed by atoms with Crippen molar-refractivity contribution in [3.63, 3.8) is 0 Å². The molecule has 2 rings (SSSR count). The molecule has 5 heteroatoms. The summed E-state index contributed by atoms with van der Waals surface area (Å²) in [6, 6.07) is 14.8. The van der Waals surface area contributed by atoms with Gasteiger partial charge in [-0.3, -0.25) is 4.79 Å². The van der Waals surface area contributed by atoms with Gasteiger partial charge in [-0.25, -0.2) is 0 Å². The SMILES string of the molecule is CC[C@H](Oc1ccccc1Cl)C(=O)Nc1ccccc1SC. The van der Waals surface area contributed by atoms with Crippen molar-refractivity contribution in [3.05, 3.63) is 53.6 Å². The highest BCUT2D eigenvalue weighted by atomic mass is 35.5. The van der Waals surface area contributed by atoms with Gasteiger partial charge in [0.1, 0.15) is 5.75 Å². The number of halogens is 1. The summed E-state index contributed by atoms with van der Waals surface area (Å²) in [5.74, 6) is 0.341. The van der Waals surface area contributed by atoms with E-state index in [1.807, 2.05) is 49.6 Å². The lowest BCUT2D eigenvalue weighted by atomic mass is 10.2. The van der Waals surface area contributed by atoms with Crippen molar-refractivity contribution in [2.75, 3.05) is 11.6 Å². The first kappa shape index (κ1) is 16.7. The zero-order chi connectivity index (χ0) is 15.9. The maximum atomic E-state index is 12.4. The number of para-hydroxylation sites is 2. The average Bonchev–Trinajstić information content (AvgIpc) is 2.54. The number of nitrogens with one attached hydrogen (secondary N) is 1. The molecule has 0 aliphatic heterocycles. The molecular weight excluding hydrogens is 318 g/mol. The largest absolute Gasteiger partial charge is 0.479 e. The Kier molecular flexibility index (Phi) is 6.16. The van der Waals surface area contributed by atoms with E-state index in [1.165, 1.54) is 0 Å². The van der Waals surface area contributed by atoms with Gasteiger partial charge < -0.3 is 10.1 Å². The molecule has 0 unspecified atom stereocenters. The van der Waals surface area contributed by atoms with E-state index in [1.54, 1.807) is 23.9 Å². The van der Waals surface area contributed by atoms with E-state index in [4.69, 9.17) is 16.3 Å². The van der Waals surface area contributed by atoms with Gasteiger partial charge in [-0.15, -0.1) is 11.8 Å². The summed E-state index contributed by atoms with van der Waals surface area (Å²) in [6.07, 6.45) is 1.94. The highest BCUT2D eigenvalue weighted by Gasteiger charge is 2.20. The van der Waals surface area contributed by atoms with Gasteiger partial charge in [0.25, 0.3) is 5.91 Å². The number of thioether (sulfide) groups is 1. The summed E-state index contributed by atoms with van der Waals surface area (Å²) in [4.78, 5) is 13.5. The second-order valence-electron chi connectivity index (χ2n) is 4.63. The zero-order valence-electron chi connectivity index (χ0n) is 12.5. The number of anilines is 1. The van der Waals surface area contributed by atoms with Crippen LogP contribution < -0.4 is 10.1 Å². The van der Waals surface area contributed by atoms with Crippen LogP contribution in [0.5, 0.6) is 5.75 Å². The molecule has 0 saturated carbocycles. The predicted molar refractivity (Wildman–Crippen MR) is 93.0 cm³/mol. The smallest absolute Gasteiger partial charge is 0.265 e. The molecule has 1 amide bonds. The van der Waals surface area contributed by atoms with E-state index < -0.39 is 6.10 Å². The van der Waals surface area contributed by atoms with Crippen LogP contribution >= 0.6 is 23.4 Å². The lowest BCUT2D eigenvalue weighted by Crippen LogP contribution is -2.32. The average molecular weight is 336 g/mol. The predicted octanol–water partition coefficient (Wildman–Crippen LogP) is 4.86. The molecule has 0 spiro atoms. The van der Waals surface area contributed by atoms with Crippen molar-refractivity contribution >= 4 is 35.0 Å². The minimum Gasteiger partial charge on any atom is -0.479 e. The van der Waals surface area contributed by atoms with Gasteiger partial charge in [0.2, 0.25) is 0 Å². The van der Waals surface area contributed by atoms with E-state index >= 15 is 0 Å². The molecule has 0 aromatic heterocycles. The number of rotatable bonds is 6. The Labute approximate surface area is 140 Å². The van der Waals surface area contributed by atoms with Gasteiger partial charge in [-0.2, -0.15) is 0 Å². The summed E-state index contributed by atoms with van der Waals surface area (Å²) >= 11 is 7.66. The van der Waals surface area contributed by atoms with Crippen LogP contribution in [0.3, 0.4) is 0 Å². The fourth-order valence-electron chi connectivity index (χ4n) is 1.98. The first-order valence-corrected chi connectivity index (χ1v) is 8.61. The van der Waals surface area contributed by atoms with Crippen LogP contribution in [0, 0.1) is 0 Å². The molecule has 0 saturated heterocycles. The maximum Gasteiger partial charge on any atom is 0.265 e. The van der Waals surface area contributed by atoms with E-state index in [0.717, 1.165) is 10.6 Å². The molecular formula is C17H18ClNO2S. The van der Waals surface area contributed by atoms with Crippen molar-refractivity contribution in [2.24, 2.45) is 0 Å². The Balaban J connectivity index is 2.11. The monoisotopic (exact) mass is 335 g/mol. The summed E-state index contributed by atoms with van der Waals surface area (Å²) < 4.78 is 5.75. The van der Waals surface area contributed by atoms with Gasteiger partial charge in [-0.1, -0.05) is 42.8 Å². The normalized spacial score (nSPS) is 11.8. The van der Waals surface area contributed by atoms with Gasteiger partial charge in [0.15, 0.2) is 6.10 Å². The lowest BCUT2D eigenvalue weighted by Gasteiger charge is -2.18. The number of benzene rings is 2. The summed E-state index contributed by atoms with van der Waals surface area (Å²) in [5, 5.41) is 3.42. The van der Waals surface area contributed by atoms with Crippen molar-refractivity contribution in [3.8, 4) is 5.75 Å². The third-order valence-electron chi connectivity index (χ3n) is 3.13. The highest BCUT2D eigenvalue weighted by molar-refractivity contribution is 7.98. The quantitative estimate of drug-likeness (QED) is 0.766. The van der Waals surface area contributed by atoms with Crippen LogP contribution in [0.2, 0.25) is 5.02 Å². The Morgan fingerprint density at radius 3 is 2.59 bits per heavy atom. The Morgan fingerprint density at radius 2 is 1.91 bits per heavy atom. The van der Waals surface area contributed by atoms with Crippen LogP contribution in [0.25, 0.3) is 0 Å². The number of ether oxygens (including phenoxy) is 1. The molecule has 1 N–H and O–H groups in total. The van der Waals surface area contributed by atoms with Crippen molar-refractivity contribution in [1.29, 1.82) is 0 Å². The van der Waals surface area contributed by atoms with Gasteiger partial charge in [-0.05, 0) is 36.9 Å². The first-order valence-electron chi connectivity index (χ1n) is 7.00. The third-order valence-corrected chi connectivity index (χ3v) is 4.24. The Bertz CT molecular complexity index is 648. The molecule has 1 atom stereocenters. The van der Waals surface area contributed by atoms with Crippen LogP contribution in [0.4, 0.5) is 5.69 Å². The standard InChI is InChI=1S/C17H18ClNO2S/c1-3-14(21-15-10-6-4-8-12(15)18)17(20)19-13-9-5-7-11-16(13)22-2/h4-11,14H,3H2,1-2H3,(H,19,20)/t14-/m0/s1. The lowest BCUT2D eigenvalue weighted by molar-refractivity contribution is -0.122. The summed E-state index contributed by atoms with van der Waals surface area (Å²) in [6.45, 7) is 1.90. The highest BCUT2D eigenvalue weighted by Crippen LogP contribution is 2.27. The molecule has 0 aliphatic carbocycles. The summed E-state index contributed by atoms with van der Waals surface area (Å²) in [7, 11) is 0. The molecule has 0 radical (unpaired) electrons. The van der Waals surface area contributed by atoms with E-state index in [9.17, 15) is 4.79 Å². The number of hydrogen-bond acceptors (Lipinski definition) is 3. The van der Waals surface area contributed by atoms with E-state index in [2.05, 4.69) is 5.32 Å². The van der Waals surface area contributed by atoms with Gasteiger partial charge in [0.05, 0.1) is 10.7 Å². The molecule has 0 aliphatic rings. The fourth-order valence-corrected chi connectivity index (χ4v) is 2.71. The fraction of sp³-hybridized carbons (Fsp3) is 0.235.